The zero-order chi connectivity index (χ0) is 19.2. The molecule has 3 rings (SSSR count). The van der Waals surface area contributed by atoms with Crippen LogP contribution in [0, 0.1) is 29.4 Å². The van der Waals surface area contributed by atoms with Gasteiger partial charge in [-0.3, -0.25) is 0 Å². The summed E-state index contributed by atoms with van der Waals surface area (Å²) in [6.07, 6.45) is 17.4. The lowest BCUT2D eigenvalue weighted by Gasteiger charge is -2.35. The molecule has 148 valence electrons. The Labute approximate surface area is 162 Å². The molecule has 0 spiro atoms. The molecule has 0 aliphatic heterocycles. The van der Waals surface area contributed by atoms with Gasteiger partial charge in [-0.25, -0.2) is 4.39 Å². The first-order valence-corrected chi connectivity index (χ1v) is 10.6. The molecule has 1 aromatic rings. The van der Waals surface area contributed by atoms with Gasteiger partial charge in [-0.05, 0) is 80.4 Å². The van der Waals surface area contributed by atoms with E-state index in [0.717, 1.165) is 43.1 Å². The molecule has 0 radical (unpaired) electrons. The van der Waals surface area contributed by atoms with Crippen LogP contribution in [0.4, 0.5) is 8.78 Å². The van der Waals surface area contributed by atoms with E-state index in [-0.39, 0.29) is 0 Å². The van der Waals surface area contributed by atoms with Crippen LogP contribution in [-0.2, 0) is 0 Å². The molecule has 2 aliphatic carbocycles. The molecule has 1 aromatic carbocycles. The molecule has 2 aliphatic rings. The number of aromatic hydroxyl groups is 1. The van der Waals surface area contributed by atoms with E-state index in [0.29, 0.717) is 11.5 Å². The molecule has 1 N–H and O–H groups in total. The predicted octanol–water partition coefficient (Wildman–Crippen LogP) is 7.41. The van der Waals surface area contributed by atoms with Gasteiger partial charge in [0.05, 0.1) is 0 Å². The van der Waals surface area contributed by atoms with Crippen molar-refractivity contribution in [3.05, 3.63) is 48.1 Å². The first-order chi connectivity index (χ1) is 13.1. The summed E-state index contributed by atoms with van der Waals surface area (Å²) in [6, 6.07) is 2.74. The van der Waals surface area contributed by atoms with Gasteiger partial charge in [-0.2, -0.15) is 4.39 Å². The van der Waals surface area contributed by atoms with Crippen LogP contribution in [0.3, 0.4) is 0 Å². The molecule has 0 heterocycles. The van der Waals surface area contributed by atoms with E-state index >= 15 is 0 Å². The normalized spacial score (nSPS) is 25.9. The molecule has 3 heteroatoms. The Kier molecular flexibility index (Phi) is 7.09. The minimum absolute atomic E-state index is 0.312. The molecule has 0 saturated heterocycles. The quantitative estimate of drug-likeness (QED) is 0.389. The van der Waals surface area contributed by atoms with Crippen LogP contribution in [0.25, 0.3) is 5.57 Å². The van der Waals surface area contributed by atoms with Crippen molar-refractivity contribution >= 4 is 5.57 Å². The number of phenolic OH excluding ortho intramolecular Hbond substituents is 1. The zero-order valence-corrected chi connectivity index (χ0v) is 16.2. The van der Waals surface area contributed by atoms with Gasteiger partial charge in [0, 0.05) is 5.56 Å². The highest BCUT2D eigenvalue weighted by molar-refractivity contribution is 5.67. The van der Waals surface area contributed by atoms with Gasteiger partial charge in [-0.15, -0.1) is 6.58 Å². The number of allylic oxidation sites excluding steroid dienone is 3. The van der Waals surface area contributed by atoms with Crippen molar-refractivity contribution in [3.8, 4) is 5.75 Å². The monoisotopic (exact) mass is 374 g/mol. The molecule has 1 atom stereocenters. The zero-order valence-electron chi connectivity index (χ0n) is 16.2. The maximum absolute atomic E-state index is 14.1. The number of unbranched alkanes of at least 4 members (excludes halogenated alkanes) is 2. The average molecular weight is 375 g/mol. The highest BCUT2D eigenvalue weighted by atomic mass is 19.2. The van der Waals surface area contributed by atoms with Crippen LogP contribution in [0.1, 0.15) is 76.2 Å². The molecule has 0 amide bonds. The van der Waals surface area contributed by atoms with Crippen LogP contribution in [-0.4, -0.2) is 5.11 Å². The molecular formula is C24H32F2O. The second kappa shape index (κ2) is 9.52. The molecule has 27 heavy (non-hydrogen) atoms. The lowest BCUT2D eigenvalue weighted by atomic mass is 9.70. The number of benzene rings is 1. The second-order valence-electron chi connectivity index (χ2n) is 8.38. The van der Waals surface area contributed by atoms with E-state index in [4.69, 9.17) is 0 Å². The minimum Gasteiger partial charge on any atom is -0.505 e. The first kappa shape index (κ1) is 20.1. The summed E-state index contributed by atoms with van der Waals surface area (Å²) in [5.41, 5.74) is 1.20. The van der Waals surface area contributed by atoms with Gasteiger partial charge in [-0.1, -0.05) is 37.8 Å². The van der Waals surface area contributed by atoms with Crippen LogP contribution in [0.5, 0.6) is 5.75 Å². The smallest absolute Gasteiger partial charge is 0.200 e. The van der Waals surface area contributed by atoms with Crippen LogP contribution in [0.2, 0.25) is 0 Å². The Hall–Kier alpha value is -1.64. The molecule has 1 nitrogen and oxygen atoms in total. The van der Waals surface area contributed by atoms with Crippen molar-refractivity contribution in [1.82, 2.24) is 0 Å². The number of phenols is 1. The summed E-state index contributed by atoms with van der Waals surface area (Å²) in [5, 5.41) is 9.30. The summed E-state index contributed by atoms with van der Waals surface area (Å²) < 4.78 is 27.7. The molecular weight excluding hydrogens is 342 g/mol. The summed E-state index contributed by atoms with van der Waals surface area (Å²) in [4.78, 5) is 0. The highest BCUT2D eigenvalue weighted by Crippen LogP contribution is 2.42. The average Bonchev–Trinajstić information content (AvgIpc) is 2.70. The minimum atomic E-state index is -1.14. The fraction of sp³-hybridized carbons (Fsp3) is 0.583. The number of hydrogen-bond donors (Lipinski definition) is 1. The van der Waals surface area contributed by atoms with Crippen LogP contribution < -0.4 is 0 Å². The lowest BCUT2D eigenvalue weighted by Crippen LogP contribution is -2.23. The maximum Gasteiger partial charge on any atom is 0.200 e. The first-order valence-electron chi connectivity index (χ1n) is 10.6. The van der Waals surface area contributed by atoms with Crippen LogP contribution in [0.15, 0.2) is 30.9 Å². The third-order valence-electron chi connectivity index (χ3n) is 6.69. The summed E-state index contributed by atoms with van der Waals surface area (Å²) in [5.74, 6) is -0.311. The molecule has 0 bridgehead atoms. The summed E-state index contributed by atoms with van der Waals surface area (Å²) in [6.45, 7) is 3.79. The van der Waals surface area contributed by atoms with Crippen molar-refractivity contribution < 1.29 is 13.9 Å². The van der Waals surface area contributed by atoms with Gasteiger partial charge >= 0.3 is 0 Å². The standard InChI is InChI=1S/C24H32F2O/c1-2-3-4-5-6-17-7-9-18(10-8-17)19-11-13-20(14-12-19)21-15-16-22(27)24(26)23(21)25/h2,13,15-19,27H,1,3-12,14H2. The Morgan fingerprint density at radius 3 is 2.44 bits per heavy atom. The maximum atomic E-state index is 14.1. The fourth-order valence-electron chi connectivity index (χ4n) is 4.98. The summed E-state index contributed by atoms with van der Waals surface area (Å²) >= 11 is 0. The van der Waals surface area contributed by atoms with Gasteiger partial charge in [0.1, 0.15) is 0 Å². The molecule has 1 saturated carbocycles. The second-order valence-corrected chi connectivity index (χ2v) is 8.38. The van der Waals surface area contributed by atoms with Crippen molar-refractivity contribution in [2.75, 3.05) is 0 Å². The van der Waals surface area contributed by atoms with Gasteiger partial charge in [0.25, 0.3) is 0 Å². The third-order valence-corrected chi connectivity index (χ3v) is 6.69. The van der Waals surface area contributed by atoms with E-state index in [2.05, 4.69) is 12.7 Å². The SMILES string of the molecule is C=CCCCCC1CCC(C2CC=C(c3ccc(O)c(F)c3F)CC2)CC1. The van der Waals surface area contributed by atoms with Gasteiger partial charge in [0.15, 0.2) is 11.6 Å². The van der Waals surface area contributed by atoms with Gasteiger partial charge in [0.2, 0.25) is 5.82 Å². The van der Waals surface area contributed by atoms with E-state index in [9.17, 15) is 13.9 Å². The van der Waals surface area contributed by atoms with Crippen LogP contribution >= 0.6 is 0 Å². The summed E-state index contributed by atoms with van der Waals surface area (Å²) in [7, 11) is 0. The highest BCUT2D eigenvalue weighted by Gasteiger charge is 2.29. The largest absolute Gasteiger partial charge is 0.505 e. The molecule has 0 aromatic heterocycles. The number of rotatable bonds is 7. The van der Waals surface area contributed by atoms with Crippen molar-refractivity contribution in [2.45, 2.75) is 70.6 Å². The lowest BCUT2D eigenvalue weighted by molar-refractivity contribution is 0.187. The Morgan fingerprint density at radius 2 is 1.78 bits per heavy atom. The van der Waals surface area contributed by atoms with E-state index in [1.807, 2.05) is 6.08 Å². The van der Waals surface area contributed by atoms with Gasteiger partial charge < -0.3 is 5.11 Å². The van der Waals surface area contributed by atoms with E-state index < -0.39 is 17.4 Å². The number of hydrogen-bond acceptors (Lipinski definition) is 1. The Morgan fingerprint density at radius 1 is 1.00 bits per heavy atom. The Balaban J connectivity index is 1.50. The van der Waals surface area contributed by atoms with Crippen molar-refractivity contribution in [3.63, 3.8) is 0 Å². The number of halogens is 2. The molecule has 1 unspecified atom stereocenters. The Bertz CT molecular complexity index is 671. The van der Waals surface area contributed by atoms with Crippen molar-refractivity contribution in [2.24, 2.45) is 17.8 Å². The molecule has 1 fully saturated rings. The fourth-order valence-corrected chi connectivity index (χ4v) is 4.98. The third kappa shape index (κ3) is 5.00. The van der Waals surface area contributed by atoms with Crippen molar-refractivity contribution in [1.29, 1.82) is 0 Å². The van der Waals surface area contributed by atoms with E-state index in [1.165, 1.54) is 57.1 Å². The van der Waals surface area contributed by atoms with E-state index in [1.54, 1.807) is 0 Å². The predicted molar refractivity (Wildman–Crippen MR) is 107 cm³/mol. The topological polar surface area (TPSA) is 20.2 Å².